The Morgan fingerprint density at radius 1 is 1.04 bits per heavy atom. The molecule has 25 heavy (non-hydrogen) atoms. The van der Waals surface area contributed by atoms with Crippen LogP contribution in [0.5, 0.6) is 0 Å². The first kappa shape index (κ1) is 16.8. The summed E-state index contributed by atoms with van der Waals surface area (Å²) in [5.41, 5.74) is 5.21. The van der Waals surface area contributed by atoms with E-state index in [1.54, 1.807) is 0 Å². The SMILES string of the molecule is Cc1ccc(CC(C(=O)Nc2cc(C)cc(C)c2)c2nn[nH]n2)cc1. The first-order valence-electron chi connectivity index (χ1n) is 8.19. The number of anilines is 1. The third-order valence-corrected chi connectivity index (χ3v) is 4.04. The van der Waals surface area contributed by atoms with Gasteiger partial charge in [0.05, 0.1) is 0 Å². The third kappa shape index (κ3) is 4.29. The molecule has 128 valence electrons. The Morgan fingerprint density at radius 3 is 2.32 bits per heavy atom. The molecule has 6 heteroatoms. The van der Waals surface area contributed by atoms with Crippen LogP contribution in [0.25, 0.3) is 0 Å². The van der Waals surface area contributed by atoms with Gasteiger partial charge in [-0.2, -0.15) is 5.21 Å². The fourth-order valence-electron chi connectivity index (χ4n) is 2.85. The van der Waals surface area contributed by atoms with E-state index in [9.17, 15) is 4.79 Å². The van der Waals surface area contributed by atoms with Crippen LogP contribution in [0.3, 0.4) is 0 Å². The van der Waals surface area contributed by atoms with Crippen molar-refractivity contribution in [2.75, 3.05) is 5.32 Å². The molecule has 3 aromatic rings. The molecule has 2 aromatic carbocycles. The molecule has 3 rings (SSSR count). The van der Waals surface area contributed by atoms with E-state index < -0.39 is 5.92 Å². The van der Waals surface area contributed by atoms with Crippen LogP contribution in [-0.2, 0) is 11.2 Å². The maximum Gasteiger partial charge on any atom is 0.235 e. The fraction of sp³-hybridized carbons (Fsp3) is 0.263. The normalized spacial score (nSPS) is 12.0. The van der Waals surface area contributed by atoms with E-state index in [1.807, 2.05) is 57.2 Å². The number of amides is 1. The minimum absolute atomic E-state index is 0.146. The number of carbonyl (C=O) groups excluding carboxylic acids is 1. The first-order valence-corrected chi connectivity index (χ1v) is 8.19. The maximum absolute atomic E-state index is 12.9. The van der Waals surface area contributed by atoms with Crippen LogP contribution in [0, 0.1) is 20.8 Å². The zero-order valence-corrected chi connectivity index (χ0v) is 14.6. The predicted octanol–water partition coefficient (Wildman–Crippen LogP) is 3.09. The Morgan fingerprint density at radius 2 is 1.72 bits per heavy atom. The van der Waals surface area contributed by atoms with Gasteiger partial charge in [-0.1, -0.05) is 41.1 Å². The van der Waals surface area contributed by atoms with E-state index in [2.05, 4.69) is 32.0 Å². The quantitative estimate of drug-likeness (QED) is 0.750. The summed E-state index contributed by atoms with van der Waals surface area (Å²) < 4.78 is 0. The van der Waals surface area contributed by atoms with E-state index in [4.69, 9.17) is 0 Å². The van der Waals surface area contributed by atoms with Crippen LogP contribution in [0.15, 0.2) is 42.5 Å². The van der Waals surface area contributed by atoms with Gasteiger partial charge in [0.25, 0.3) is 0 Å². The number of nitrogens with zero attached hydrogens (tertiary/aromatic N) is 3. The summed E-state index contributed by atoms with van der Waals surface area (Å²) in [6.07, 6.45) is 0.510. The lowest BCUT2D eigenvalue weighted by Crippen LogP contribution is -2.24. The lowest BCUT2D eigenvalue weighted by molar-refractivity contribution is -0.117. The molecule has 0 aliphatic carbocycles. The van der Waals surface area contributed by atoms with Crippen molar-refractivity contribution in [1.29, 1.82) is 0 Å². The fourth-order valence-corrected chi connectivity index (χ4v) is 2.85. The Labute approximate surface area is 146 Å². The molecule has 1 atom stereocenters. The molecule has 0 radical (unpaired) electrons. The molecular formula is C19H21N5O. The van der Waals surface area contributed by atoms with E-state index in [0.717, 1.165) is 22.4 Å². The van der Waals surface area contributed by atoms with E-state index >= 15 is 0 Å². The lowest BCUT2D eigenvalue weighted by atomic mass is 9.97. The summed E-state index contributed by atoms with van der Waals surface area (Å²) in [7, 11) is 0. The molecule has 0 fully saturated rings. The number of aromatic amines is 1. The van der Waals surface area contributed by atoms with Gasteiger partial charge in [-0.3, -0.25) is 4.79 Å². The second-order valence-electron chi connectivity index (χ2n) is 6.38. The summed E-state index contributed by atoms with van der Waals surface area (Å²) in [4.78, 5) is 12.9. The summed E-state index contributed by atoms with van der Waals surface area (Å²) >= 11 is 0. The Hall–Kier alpha value is -3.02. The number of H-pyrrole nitrogens is 1. The van der Waals surface area contributed by atoms with Gasteiger partial charge in [0.15, 0.2) is 5.82 Å². The van der Waals surface area contributed by atoms with Gasteiger partial charge in [-0.25, -0.2) is 0 Å². The van der Waals surface area contributed by atoms with Crippen LogP contribution in [0.1, 0.15) is 34.0 Å². The summed E-state index contributed by atoms with van der Waals surface area (Å²) in [6.45, 7) is 6.05. The third-order valence-electron chi connectivity index (χ3n) is 4.04. The van der Waals surface area contributed by atoms with Gasteiger partial charge >= 0.3 is 0 Å². The number of hydrogen-bond donors (Lipinski definition) is 2. The molecule has 0 bridgehead atoms. The summed E-state index contributed by atoms with van der Waals surface area (Å²) in [5, 5.41) is 17.1. The van der Waals surface area contributed by atoms with Gasteiger partial charge in [0.2, 0.25) is 5.91 Å². The molecule has 1 aromatic heterocycles. The van der Waals surface area contributed by atoms with Crippen molar-refractivity contribution in [3.05, 3.63) is 70.5 Å². The molecule has 6 nitrogen and oxygen atoms in total. The maximum atomic E-state index is 12.9. The smallest absolute Gasteiger partial charge is 0.235 e. The van der Waals surface area contributed by atoms with Crippen molar-refractivity contribution in [3.63, 3.8) is 0 Å². The lowest BCUT2D eigenvalue weighted by Gasteiger charge is -2.15. The highest BCUT2D eigenvalue weighted by molar-refractivity contribution is 5.95. The molecule has 2 N–H and O–H groups in total. The molecule has 0 aliphatic heterocycles. The van der Waals surface area contributed by atoms with Gasteiger partial charge in [0.1, 0.15) is 5.92 Å². The first-order chi connectivity index (χ1) is 12.0. The van der Waals surface area contributed by atoms with Gasteiger partial charge in [-0.05, 0) is 56.0 Å². The minimum Gasteiger partial charge on any atom is -0.325 e. The van der Waals surface area contributed by atoms with Crippen LogP contribution in [0.4, 0.5) is 5.69 Å². The summed E-state index contributed by atoms with van der Waals surface area (Å²) in [5.74, 6) is -0.267. The molecule has 0 saturated heterocycles. The van der Waals surface area contributed by atoms with Crippen molar-refractivity contribution < 1.29 is 4.79 Å². The Balaban J connectivity index is 1.83. The standard InChI is InChI=1S/C19H21N5O/c1-12-4-6-15(7-5-12)11-17(18-21-23-24-22-18)19(25)20-16-9-13(2)8-14(3)10-16/h4-10,17H,11H2,1-3H3,(H,20,25)(H,21,22,23,24). The number of rotatable bonds is 5. The second kappa shape index (κ2) is 7.25. The van der Waals surface area contributed by atoms with Crippen molar-refractivity contribution in [1.82, 2.24) is 20.6 Å². The Kier molecular flexibility index (Phi) is 4.88. The van der Waals surface area contributed by atoms with E-state index in [1.165, 1.54) is 5.56 Å². The average Bonchev–Trinajstić information content (AvgIpc) is 3.07. The molecule has 1 unspecified atom stereocenters. The molecule has 0 spiro atoms. The summed E-state index contributed by atoms with van der Waals surface area (Å²) in [6, 6.07) is 14.1. The van der Waals surface area contributed by atoms with E-state index in [0.29, 0.717) is 12.2 Å². The molecular weight excluding hydrogens is 314 g/mol. The average molecular weight is 335 g/mol. The number of aromatic nitrogens is 4. The van der Waals surface area contributed by atoms with Crippen LogP contribution < -0.4 is 5.32 Å². The van der Waals surface area contributed by atoms with Crippen LogP contribution in [-0.4, -0.2) is 26.5 Å². The van der Waals surface area contributed by atoms with Gasteiger partial charge in [-0.15, -0.1) is 10.2 Å². The molecule has 0 saturated carbocycles. The van der Waals surface area contributed by atoms with Crippen LogP contribution >= 0.6 is 0 Å². The molecule has 1 amide bonds. The number of tetrazole rings is 1. The molecule has 0 aliphatic rings. The topological polar surface area (TPSA) is 83.6 Å². The zero-order chi connectivity index (χ0) is 17.8. The number of benzene rings is 2. The predicted molar refractivity (Wildman–Crippen MR) is 96.3 cm³/mol. The van der Waals surface area contributed by atoms with Crippen molar-refractivity contribution in [2.24, 2.45) is 0 Å². The highest BCUT2D eigenvalue weighted by Gasteiger charge is 2.25. The van der Waals surface area contributed by atoms with E-state index in [-0.39, 0.29) is 5.91 Å². The van der Waals surface area contributed by atoms with Gasteiger partial charge in [0, 0.05) is 5.69 Å². The largest absolute Gasteiger partial charge is 0.325 e. The van der Waals surface area contributed by atoms with Gasteiger partial charge < -0.3 is 5.32 Å². The van der Waals surface area contributed by atoms with Crippen molar-refractivity contribution in [2.45, 2.75) is 33.1 Å². The zero-order valence-electron chi connectivity index (χ0n) is 14.6. The van der Waals surface area contributed by atoms with Crippen molar-refractivity contribution >= 4 is 11.6 Å². The highest BCUT2D eigenvalue weighted by atomic mass is 16.1. The minimum atomic E-state index is -0.512. The number of carbonyl (C=O) groups is 1. The highest BCUT2D eigenvalue weighted by Crippen LogP contribution is 2.21. The number of aryl methyl sites for hydroxylation is 3. The number of nitrogens with one attached hydrogen (secondary N) is 2. The monoisotopic (exact) mass is 335 g/mol. The molecule has 1 heterocycles. The van der Waals surface area contributed by atoms with Crippen LogP contribution in [0.2, 0.25) is 0 Å². The Bertz CT molecular complexity index is 836. The second-order valence-corrected chi connectivity index (χ2v) is 6.38. The van der Waals surface area contributed by atoms with Crippen molar-refractivity contribution in [3.8, 4) is 0 Å². The number of hydrogen-bond acceptors (Lipinski definition) is 4.